The fourth-order valence-corrected chi connectivity index (χ4v) is 6.60. The maximum Gasteiger partial charge on any atom is 0.328 e. The summed E-state index contributed by atoms with van der Waals surface area (Å²) in [6, 6.07) is 31.9. The molecule has 4 unspecified atom stereocenters. The number of carbonyl (C=O) groups excluding carboxylic acids is 2. The molecule has 1 aliphatic heterocycles. The third-order valence-electron chi connectivity index (χ3n) is 8.44. The minimum Gasteiger partial charge on any atom is -0.467 e. The van der Waals surface area contributed by atoms with E-state index in [-0.39, 0.29) is 25.4 Å². The Bertz CT molecular complexity index is 1820. The van der Waals surface area contributed by atoms with Crippen molar-refractivity contribution in [1.82, 2.24) is 25.8 Å². The maximum atomic E-state index is 12.9. The number of amides is 2. The van der Waals surface area contributed by atoms with Gasteiger partial charge >= 0.3 is 12.0 Å². The molecule has 50 heavy (non-hydrogen) atoms. The average Bonchev–Trinajstić information content (AvgIpc) is 3.70. The van der Waals surface area contributed by atoms with Gasteiger partial charge in [0.2, 0.25) is 0 Å². The molecule has 11 nitrogen and oxygen atoms in total. The van der Waals surface area contributed by atoms with Crippen LogP contribution >= 0.6 is 11.8 Å². The number of hydrogen-bond acceptors (Lipinski definition) is 9. The van der Waals surface area contributed by atoms with Crippen LogP contribution in [0, 0.1) is 0 Å². The SMILES string of the molecule is COC(=O)C(Cc1ccccc1)NC(=O)NCc1ccccc1-c1ccc(C2OC(CSc3ncn[nH]3)CC(c3ccc(CO)cc3)O2)cc1. The van der Waals surface area contributed by atoms with Gasteiger partial charge in [-0.25, -0.2) is 14.6 Å². The molecule has 0 bridgehead atoms. The van der Waals surface area contributed by atoms with Gasteiger partial charge in [-0.1, -0.05) is 115 Å². The number of aliphatic hydroxyl groups is 1. The highest BCUT2D eigenvalue weighted by molar-refractivity contribution is 7.99. The van der Waals surface area contributed by atoms with Gasteiger partial charge in [0.15, 0.2) is 11.4 Å². The summed E-state index contributed by atoms with van der Waals surface area (Å²) in [5.74, 6) is 0.153. The van der Waals surface area contributed by atoms with Crippen molar-refractivity contribution in [3.63, 3.8) is 0 Å². The van der Waals surface area contributed by atoms with E-state index < -0.39 is 24.3 Å². The van der Waals surface area contributed by atoms with E-state index >= 15 is 0 Å². The molecule has 12 heteroatoms. The van der Waals surface area contributed by atoms with Crippen molar-refractivity contribution >= 4 is 23.8 Å². The zero-order chi connectivity index (χ0) is 34.7. The van der Waals surface area contributed by atoms with Crippen LogP contribution in [0.25, 0.3) is 11.1 Å². The molecule has 5 aromatic rings. The van der Waals surface area contributed by atoms with E-state index in [2.05, 4.69) is 25.8 Å². The van der Waals surface area contributed by atoms with E-state index in [9.17, 15) is 14.7 Å². The highest BCUT2D eigenvalue weighted by Gasteiger charge is 2.32. The molecule has 258 valence electrons. The second-order valence-corrected chi connectivity index (χ2v) is 12.8. The molecule has 0 aliphatic carbocycles. The number of rotatable bonds is 13. The summed E-state index contributed by atoms with van der Waals surface area (Å²) < 4.78 is 17.9. The van der Waals surface area contributed by atoms with E-state index in [1.165, 1.54) is 13.4 Å². The van der Waals surface area contributed by atoms with Gasteiger partial charge in [-0.3, -0.25) is 5.10 Å². The van der Waals surface area contributed by atoms with Crippen LogP contribution in [0.2, 0.25) is 0 Å². The lowest BCUT2D eigenvalue weighted by atomic mass is 9.98. The standard InChI is InChI=1S/C38H39N5O6S/c1-47-35(45)33(19-25-7-3-2-4-8-25)42-37(46)39-21-30-9-5-6-10-32(30)27-15-17-29(18-16-27)36-48-31(23-50-38-40-24-41-43-38)20-34(49-36)28-13-11-26(22-44)12-14-28/h2-18,24,31,33-34,36,44H,19-23H2,1H3,(H2,39,42,46)(H,40,41,43). The number of methoxy groups -OCH3 is 1. The molecule has 0 saturated carbocycles. The summed E-state index contributed by atoms with van der Waals surface area (Å²) in [7, 11) is 1.31. The topological polar surface area (TPSA) is 148 Å². The second-order valence-electron chi connectivity index (χ2n) is 11.8. The normalized spacial score (nSPS) is 17.8. The molecule has 1 saturated heterocycles. The van der Waals surface area contributed by atoms with Gasteiger partial charge in [0.25, 0.3) is 0 Å². The Morgan fingerprint density at radius 3 is 2.40 bits per heavy atom. The number of thioether (sulfide) groups is 1. The van der Waals surface area contributed by atoms with Crippen LogP contribution < -0.4 is 10.6 Å². The second kappa shape index (κ2) is 17.1. The molecule has 4 atom stereocenters. The van der Waals surface area contributed by atoms with Gasteiger partial charge in [-0.2, -0.15) is 5.10 Å². The number of aromatic amines is 1. The van der Waals surface area contributed by atoms with Crippen molar-refractivity contribution in [2.75, 3.05) is 12.9 Å². The van der Waals surface area contributed by atoms with Crippen molar-refractivity contribution in [2.45, 2.75) is 55.7 Å². The number of esters is 1. The lowest BCUT2D eigenvalue weighted by molar-refractivity contribution is -0.245. The molecule has 1 aliphatic rings. The van der Waals surface area contributed by atoms with Crippen LogP contribution in [-0.4, -0.2) is 57.3 Å². The van der Waals surface area contributed by atoms with Crippen LogP contribution in [0.5, 0.6) is 0 Å². The highest BCUT2D eigenvalue weighted by Crippen LogP contribution is 2.39. The van der Waals surface area contributed by atoms with Gasteiger partial charge in [0, 0.05) is 30.7 Å². The predicted octanol–water partition coefficient (Wildman–Crippen LogP) is 5.89. The fraction of sp³-hybridized carbons (Fsp3) is 0.263. The minimum atomic E-state index is -0.825. The Kier molecular flexibility index (Phi) is 11.9. The molecule has 1 aromatic heterocycles. The molecule has 0 radical (unpaired) electrons. The Hall–Kier alpha value is -5.01. The number of carbonyl (C=O) groups is 2. The van der Waals surface area contributed by atoms with Crippen molar-refractivity contribution < 1.29 is 28.9 Å². The van der Waals surface area contributed by atoms with Gasteiger partial charge in [-0.15, -0.1) is 0 Å². The monoisotopic (exact) mass is 693 g/mol. The summed E-state index contributed by atoms with van der Waals surface area (Å²) in [5, 5.41) is 22.7. The molecule has 1 fully saturated rings. The molecule has 4 aromatic carbocycles. The first-order valence-corrected chi connectivity index (χ1v) is 17.3. The Morgan fingerprint density at radius 2 is 1.68 bits per heavy atom. The lowest BCUT2D eigenvalue weighted by Gasteiger charge is -2.36. The average molecular weight is 694 g/mol. The van der Waals surface area contributed by atoms with E-state index in [1.54, 1.807) is 11.8 Å². The minimum absolute atomic E-state index is 0.0165. The Morgan fingerprint density at radius 1 is 0.940 bits per heavy atom. The van der Waals surface area contributed by atoms with Crippen LogP contribution in [0.15, 0.2) is 115 Å². The van der Waals surface area contributed by atoms with E-state index in [1.807, 2.05) is 103 Å². The third-order valence-corrected chi connectivity index (χ3v) is 9.45. The summed E-state index contributed by atoms with van der Waals surface area (Å²) in [6.07, 6.45) is 1.55. The number of ether oxygens (including phenoxy) is 3. The smallest absolute Gasteiger partial charge is 0.328 e. The van der Waals surface area contributed by atoms with Crippen LogP contribution in [0.1, 0.15) is 46.6 Å². The summed E-state index contributed by atoms with van der Waals surface area (Å²) in [5.41, 5.74) is 6.49. The van der Waals surface area contributed by atoms with Crippen LogP contribution in [0.4, 0.5) is 4.79 Å². The maximum absolute atomic E-state index is 12.9. The van der Waals surface area contributed by atoms with Gasteiger partial charge < -0.3 is 30.0 Å². The Labute approximate surface area is 294 Å². The third kappa shape index (κ3) is 9.16. The zero-order valence-corrected chi connectivity index (χ0v) is 28.3. The van der Waals surface area contributed by atoms with E-state index in [4.69, 9.17) is 14.2 Å². The van der Waals surface area contributed by atoms with Gasteiger partial charge in [0.05, 0.1) is 25.9 Å². The zero-order valence-electron chi connectivity index (χ0n) is 27.5. The van der Waals surface area contributed by atoms with E-state index in [0.29, 0.717) is 18.6 Å². The predicted molar refractivity (Wildman–Crippen MR) is 189 cm³/mol. The molecule has 0 spiro atoms. The Balaban J connectivity index is 1.13. The first-order chi connectivity index (χ1) is 24.5. The summed E-state index contributed by atoms with van der Waals surface area (Å²) in [6.45, 7) is 0.233. The fourth-order valence-electron chi connectivity index (χ4n) is 5.80. The number of hydrogen-bond donors (Lipinski definition) is 4. The molecule has 6 rings (SSSR count). The number of nitrogens with zero attached hydrogens (tertiary/aromatic N) is 2. The van der Waals surface area contributed by atoms with Crippen molar-refractivity contribution in [2.24, 2.45) is 0 Å². The first-order valence-electron chi connectivity index (χ1n) is 16.3. The van der Waals surface area contributed by atoms with Gasteiger partial charge in [-0.05, 0) is 33.4 Å². The van der Waals surface area contributed by atoms with Crippen molar-refractivity contribution in [3.8, 4) is 11.1 Å². The number of nitrogens with one attached hydrogen (secondary N) is 3. The number of benzene rings is 4. The number of aromatic nitrogens is 3. The van der Waals surface area contributed by atoms with Crippen molar-refractivity contribution in [1.29, 1.82) is 0 Å². The molecule has 2 amide bonds. The largest absolute Gasteiger partial charge is 0.467 e. The molecular formula is C38H39N5O6S. The molecule has 2 heterocycles. The molecule has 4 N–H and O–H groups in total. The summed E-state index contributed by atoms with van der Waals surface area (Å²) >= 11 is 1.55. The van der Waals surface area contributed by atoms with Crippen LogP contribution in [-0.2, 0) is 38.6 Å². The van der Waals surface area contributed by atoms with Gasteiger partial charge in [0.1, 0.15) is 12.4 Å². The number of H-pyrrole nitrogens is 1. The molecular weight excluding hydrogens is 655 g/mol. The number of urea groups is 1. The highest BCUT2D eigenvalue weighted by atomic mass is 32.2. The summed E-state index contributed by atoms with van der Waals surface area (Å²) in [4.78, 5) is 29.6. The first kappa shape index (κ1) is 34.8. The van der Waals surface area contributed by atoms with E-state index in [0.717, 1.165) is 44.1 Å². The van der Waals surface area contributed by atoms with Crippen LogP contribution in [0.3, 0.4) is 0 Å². The quantitative estimate of drug-likeness (QED) is 0.0876. The lowest BCUT2D eigenvalue weighted by Crippen LogP contribution is -2.47. The van der Waals surface area contributed by atoms with Crippen molar-refractivity contribution in [3.05, 3.63) is 137 Å². The number of aliphatic hydroxyl groups excluding tert-OH is 1.